The number of carbonyl (C=O) groups excluding carboxylic acids is 2. The molecule has 3 rings (SSSR count). The van der Waals surface area contributed by atoms with Gasteiger partial charge in [0, 0.05) is 29.0 Å². The number of amides is 2. The minimum Gasteiger partial charge on any atom is -0.481 e. The third-order valence-electron chi connectivity index (χ3n) is 4.26. The highest BCUT2D eigenvalue weighted by Gasteiger charge is 2.25. The molecule has 0 fully saturated rings. The normalized spacial score (nSPS) is 15.9. The van der Waals surface area contributed by atoms with Gasteiger partial charge in [0.05, 0.1) is 12.6 Å². The van der Waals surface area contributed by atoms with Crippen LogP contribution in [-0.2, 0) is 16.1 Å². The number of hydrogen-bond acceptors (Lipinski definition) is 6. The molecule has 28 heavy (non-hydrogen) atoms. The third kappa shape index (κ3) is 4.26. The number of carbonyl (C=O) groups is 3. The average Bonchev–Trinajstić information content (AvgIpc) is 2.81. The summed E-state index contributed by atoms with van der Waals surface area (Å²) < 4.78 is 0. The van der Waals surface area contributed by atoms with Crippen LogP contribution >= 0.6 is 0 Å². The summed E-state index contributed by atoms with van der Waals surface area (Å²) in [4.78, 5) is 35.6. The van der Waals surface area contributed by atoms with Gasteiger partial charge in [0.25, 0.3) is 5.91 Å². The second-order valence-electron chi connectivity index (χ2n) is 6.20. The lowest BCUT2D eigenvalue weighted by atomic mass is 10.1. The Morgan fingerprint density at radius 2 is 2.07 bits per heavy atom. The molecule has 6 N–H and O–H groups in total. The number of hydrazone groups is 1. The molecule has 0 aromatic heterocycles. The molecule has 0 spiro atoms. The molecule has 1 unspecified atom stereocenters. The maximum Gasteiger partial charge on any atom is 0.305 e. The predicted octanol–water partition coefficient (Wildman–Crippen LogP) is 1.12. The van der Waals surface area contributed by atoms with Crippen molar-refractivity contribution in [2.24, 2.45) is 10.9 Å². The highest BCUT2D eigenvalue weighted by Crippen LogP contribution is 2.24. The van der Waals surface area contributed by atoms with Gasteiger partial charge in [0.1, 0.15) is 6.04 Å². The molecule has 0 aliphatic carbocycles. The van der Waals surface area contributed by atoms with E-state index in [-0.39, 0.29) is 24.8 Å². The molecule has 0 saturated heterocycles. The summed E-state index contributed by atoms with van der Waals surface area (Å²) in [6.07, 6.45) is 1.07. The molecule has 2 aromatic carbocycles. The van der Waals surface area contributed by atoms with Crippen molar-refractivity contribution in [3.63, 3.8) is 0 Å². The second kappa shape index (κ2) is 8.21. The Balaban J connectivity index is 1.80. The van der Waals surface area contributed by atoms with Crippen LogP contribution in [0.25, 0.3) is 0 Å². The number of nitrogens with zero attached hydrogens (tertiary/aromatic N) is 1. The lowest BCUT2D eigenvalue weighted by Gasteiger charge is -2.15. The zero-order valence-corrected chi connectivity index (χ0v) is 14.8. The van der Waals surface area contributed by atoms with Gasteiger partial charge in [-0.15, -0.1) is 0 Å². The number of anilines is 2. The van der Waals surface area contributed by atoms with E-state index in [2.05, 4.69) is 21.1 Å². The van der Waals surface area contributed by atoms with E-state index in [9.17, 15) is 14.4 Å². The van der Waals surface area contributed by atoms with Crippen LogP contribution in [0.3, 0.4) is 0 Å². The summed E-state index contributed by atoms with van der Waals surface area (Å²) in [7, 11) is 0. The summed E-state index contributed by atoms with van der Waals surface area (Å²) in [5.74, 6) is 3.40. The Morgan fingerprint density at radius 1 is 1.29 bits per heavy atom. The smallest absolute Gasteiger partial charge is 0.305 e. The van der Waals surface area contributed by atoms with Crippen molar-refractivity contribution < 1.29 is 19.5 Å². The number of nitrogens with two attached hydrogens (primary N) is 1. The van der Waals surface area contributed by atoms with E-state index in [1.165, 1.54) is 6.21 Å². The highest BCUT2D eigenvalue weighted by atomic mass is 16.4. The summed E-state index contributed by atoms with van der Waals surface area (Å²) in [6, 6.07) is 11.1. The lowest BCUT2D eigenvalue weighted by molar-refractivity contribution is -0.139. The third-order valence-corrected chi connectivity index (χ3v) is 4.26. The molecule has 1 aliphatic rings. The minimum absolute atomic E-state index is 0.220. The number of aliphatic carboxylic acids is 1. The van der Waals surface area contributed by atoms with E-state index in [0.717, 1.165) is 5.56 Å². The highest BCUT2D eigenvalue weighted by molar-refractivity contribution is 6.09. The molecule has 0 saturated carbocycles. The van der Waals surface area contributed by atoms with E-state index < -0.39 is 12.0 Å². The zero-order valence-electron chi connectivity index (χ0n) is 14.8. The number of nitrogens with one attached hydrogen (secondary N) is 3. The number of benzene rings is 2. The van der Waals surface area contributed by atoms with Crippen LogP contribution in [0.1, 0.15) is 27.9 Å². The van der Waals surface area contributed by atoms with Gasteiger partial charge in [-0.1, -0.05) is 18.2 Å². The van der Waals surface area contributed by atoms with E-state index >= 15 is 0 Å². The van der Waals surface area contributed by atoms with Gasteiger partial charge in [-0.3, -0.25) is 14.4 Å². The van der Waals surface area contributed by atoms with Crippen molar-refractivity contribution in [3.8, 4) is 0 Å². The molecule has 1 heterocycles. The summed E-state index contributed by atoms with van der Waals surface area (Å²) >= 11 is 0. The van der Waals surface area contributed by atoms with Gasteiger partial charge >= 0.3 is 5.97 Å². The quantitative estimate of drug-likeness (QED) is 0.298. The number of rotatable bonds is 5. The van der Waals surface area contributed by atoms with E-state index in [0.29, 0.717) is 22.5 Å². The van der Waals surface area contributed by atoms with Crippen molar-refractivity contribution in [1.82, 2.24) is 5.32 Å². The average molecular weight is 381 g/mol. The molecular weight excluding hydrogens is 362 g/mol. The molecule has 1 aliphatic heterocycles. The van der Waals surface area contributed by atoms with Gasteiger partial charge in [-0.2, -0.15) is 5.10 Å². The van der Waals surface area contributed by atoms with Crippen LogP contribution in [-0.4, -0.2) is 35.1 Å². The maximum absolute atomic E-state index is 12.6. The van der Waals surface area contributed by atoms with E-state index in [1.807, 2.05) is 0 Å². The molecule has 2 amide bonds. The first kappa shape index (κ1) is 18.9. The van der Waals surface area contributed by atoms with Crippen molar-refractivity contribution in [1.29, 1.82) is 0 Å². The zero-order chi connectivity index (χ0) is 20.1. The Hall–Kier alpha value is -3.88. The summed E-state index contributed by atoms with van der Waals surface area (Å²) in [5, 5.41) is 20.8. The fourth-order valence-electron chi connectivity index (χ4n) is 2.93. The molecule has 9 nitrogen and oxygen atoms in total. The largest absolute Gasteiger partial charge is 0.481 e. The molecule has 144 valence electrons. The van der Waals surface area contributed by atoms with E-state index in [1.54, 1.807) is 42.5 Å². The first-order valence-corrected chi connectivity index (χ1v) is 8.50. The van der Waals surface area contributed by atoms with Crippen molar-refractivity contribution in [2.45, 2.75) is 19.0 Å². The van der Waals surface area contributed by atoms with Gasteiger partial charge in [-0.25, -0.2) is 0 Å². The van der Waals surface area contributed by atoms with Crippen LogP contribution < -0.4 is 21.8 Å². The van der Waals surface area contributed by atoms with Crippen molar-refractivity contribution in [2.75, 3.05) is 10.6 Å². The molecule has 0 bridgehead atoms. The fraction of sp³-hybridized carbons (Fsp3) is 0.158. The number of carboxylic acids is 1. The fourth-order valence-corrected chi connectivity index (χ4v) is 2.93. The Kier molecular flexibility index (Phi) is 5.54. The Bertz CT molecular complexity index is 957. The van der Waals surface area contributed by atoms with Crippen LogP contribution in [0, 0.1) is 0 Å². The number of carboxylic acid groups (broad SMARTS) is 1. The van der Waals surface area contributed by atoms with Crippen LogP contribution in [0.5, 0.6) is 0 Å². The predicted molar refractivity (Wildman–Crippen MR) is 104 cm³/mol. The van der Waals surface area contributed by atoms with Crippen molar-refractivity contribution in [3.05, 3.63) is 59.2 Å². The molecular formula is C19H19N5O4. The minimum atomic E-state index is -1.07. The monoisotopic (exact) mass is 381 g/mol. The SMILES string of the molecule is NN=Cc1ccccc1C(=O)Nc1ccc2c(c1)CNC(=O)C(CC(=O)O)N2. The number of hydrogen-bond donors (Lipinski definition) is 5. The molecule has 0 radical (unpaired) electrons. The molecule has 2 aromatic rings. The van der Waals surface area contributed by atoms with Crippen LogP contribution in [0.15, 0.2) is 47.6 Å². The first-order chi connectivity index (χ1) is 13.5. The Labute approximate surface area is 160 Å². The van der Waals surface area contributed by atoms with Gasteiger partial charge in [0.15, 0.2) is 0 Å². The van der Waals surface area contributed by atoms with Crippen molar-refractivity contribution >= 4 is 35.4 Å². The Morgan fingerprint density at radius 3 is 2.82 bits per heavy atom. The number of fused-ring (bicyclic) bond motifs is 1. The lowest BCUT2D eigenvalue weighted by Crippen LogP contribution is -2.38. The van der Waals surface area contributed by atoms with Gasteiger partial charge in [-0.05, 0) is 29.8 Å². The molecule has 1 atom stereocenters. The topological polar surface area (TPSA) is 146 Å². The standard InChI is InChI=1S/C19H19N5O4/c20-22-10-11-3-1-2-4-14(11)18(27)23-13-5-6-15-12(7-13)9-21-19(28)16(24-15)8-17(25)26/h1-7,10,16,24H,8-9,20H2,(H,21,28)(H,23,27)(H,25,26). The van der Waals surface area contributed by atoms with E-state index in [4.69, 9.17) is 10.9 Å². The summed E-state index contributed by atoms with van der Waals surface area (Å²) in [5.41, 5.74) is 2.91. The molecule has 9 heteroatoms. The summed E-state index contributed by atoms with van der Waals surface area (Å²) in [6.45, 7) is 0.220. The van der Waals surface area contributed by atoms with Crippen LogP contribution in [0.2, 0.25) is 0 Å². The van der Waals surface area contributed by atoms with Gasteiger partial charge < -0.3 is 26.9 Å². The van der Waals surface area contributed by atoms with Gasteiger partial charge in [0.2, 0.25) is 5.91 Å². The second-order valence-corrected chi connectivity index (χ2v) is 6.20. The maximum atomic E-state index is 12.6. The van der Waals surface area contributed by atoms with Crippen LogP contribution in [0.4, 0.5) is 11.4 Å². The first-order valence-electron chi connectivity index (χ1n) is 8.50.